The fourth-order valence-corrected chi connectivity index (χ4v) is 2.43. The second-order valence-electron chi connectivity index (χ2n) is 4.00. The summed E-state index contributed by atoms with van der Waals surface area (Å²) in [5.41, 5.74) is 2.66. The number of nitrogens with zero attached hydrogens (tertiary/aromatic N) is 2. The number of aryl methyl sites for hydroxylation is 1. The van der Waals surface area contributed by atoms with E-state index in [2.05, 4.69) is 40.4 Å². The lowest BCUT2D eigenvalue weighted by atomic mass is 10.1. The van der Waals surface area contributed by atoms with Crippen molar-refractivity contribution in [1.29, 1.82) is 0 Å². The van der Waals surface area contributed by atoms with Crippen LogP contribution < -0.4 is 5.32 Å². The molecule has 2 aromatic heterocycles. The van der Waals surface area contributed by atoms with Crippen LogP contribution in [0.4, 0.5) is 0 Å². The Labute approximate surface area is 100 Å². The minimum absolute atomic E-state index is 0.433. The zero-order valence-corrected chi connectivity index (χ0v) is 10.5. The van der Waals surface area contributed by atoms with Gasteiger partial charge in [-0.05, 0) is 47.8 Å². The average molecular weight is 235 g/mol. The molecule has 0 spiro atoms. The van der Waals surface area contributed by atoms with Gasteiger partial charge in [0.2, 0.25) is 0 Å². The monoisotopic (exact) mass is 235 g/mol. The molecule has 0 saturated heterocycles. The number of nitrogens with one attached hydrogen (secondary N) is 1. The van der Waals surface area contributed by atoms with Crippen LogP contribution in [0.2, 0.25) is 0 Å². The second kappa shape index (κ2) is 5.27. The van der Waals surface area contributed by atoms with Crippen molar-refractivity contribution in [2.75, 3.05) is 6.54 Å². The topological polar surface area (TPSA) is 29.9 Å². The van der Waals surface area contributed by atoms with Crippen LogP contribution in [0.3, 0.4) is 0 Å². The fourth-order valence-electron chi connectivity index (χ4n) is 1.67. The van der Waals surface area contributed by atoms with Crippen molar-refractivity contribution < 1.29 is 0 Å². The molecular weight excluding hydrogens is 218 g/mol. The Bertz CT molecular complexity index is 419. The van der Waals surface area contributed by atoms with Crippen LogP contribution in [0.25, 0.3) is 0 Å². The first-order chi connectivity index (χ1) is 7.75. The Morgan fingerprint density at radius 3 is 3.06 bits per heavy atom. The van der Waals surface area contributed by atoms with Crippen molar-refractivity contribution in [2.24, 2.45) is 7.05 Å². The Balaban J connectivity index is 1.76. The summed E-state index contributed by atoms with van der Waals surface area (Å²) in [4.78, 5) is 0. The minimum atomic E-state index is 0.433. The maximum atomic E-state index is 4.15. The third kappa shape index (κ3) is 2.93. The van der Waals surface area contributed by atoms with E-state index in [1.165, 1.54) is 11.1 Å². The first-order valence-electron chi connectivity index (χ1n) is 5.48. The van der Waals surface area contributed by atoms with Gasteiger partial charge in [0.1, 0.15) is 0 Å². The molecule has 4 heteroatoms. The summed E-state index contributed by atoms with van der Waals surface area (Å²) >= 11 is 1.75. The van der Waals surface area contributed by atoms with Gasteiger partial charge in [-0.3, -0.25) is 4.68 Å². The number of aromatic nitrogens is 2. The zero-order valence-electron chi connectivity index (χ0n) is 9.68. The van der Waals surface area contributed by atoms with Gasteiger partial charge >= 0.3 is 0 Å². The molecule has 86 valence electrons. The molecule has 0 aliphatic carbocycles. The van der Waals surface area contributed by atoms with Crippen LogP contribution in [0.5, 0.6) is 0 Å². The highest BCUT2D eigenvalue weighted by Crippen LogP contribution is 2.15. The van der Waals surface area contributed by atoms with Gasteiger partial charge in [0.15, 0.2) is 0 Å². The molecule has 0 amide bonds. The summed E-state index contributed by atoms with van der Waals surface area (Å²) in [6.07, 6.45) is 5.02. The summed E-state index contributed by atoms with van der Waals surface area (Å²) in [5, 5.41) is 12.0. The normalized spacial score (nSPS) is 12.9. The van der Waals surface area contributed by atoms with E-state index in [1.54, 1.807) is 11.3 Å². The summed E-state index contributed by atoms with van der Waals surface area (Å²) in [5.74, 6) is 0. The van der Waals surface area contributed by atoms with Crippen molar-refractivity contribution in [1.82, 2.24) is 15.1 Å². The lowest BCUT2D eigenvalue weighted by Gasteiger charge is -2.11. The van der Waals surface area contributed by atoms with Gasteiger partial charge in [-0.25, -0.2) is 0 Å². The van der Waals surface area contributed by atoms with E-state index in [0.29, 0.717) is 6.04 Å². The van der Waals surface area contributed by atoms with Crippen molar-refractivity contribution in [2.45, 2.75) is 19.4 Å². The standard InChI is InChI=1S/C12H17N3S/c1-10(12-4-6-16-9-12)13-5-3-11-7-14-15(2)8-11/h4,6-10,13H,3,5H2,1-2H3. The molecule has 2 rings (SSSR count). The molecule has 0 bridgehead atoms. The van der Waals surface area contributed by atoms with Crippen LogP contribution >= 0.6 is 11.3 Å². The number of hydrogen-bond acceptors (Lipinski definition) is 3. The molecule has 0 aliphatic heterocycles. The maximum Gasteiger partial charge on any atom is 0.0522 e. The van der Waals surface area contributed by atoms with Crippen LogP contribution in [0.1, 0.15) is 24.1 Å². The van der Waals surface area contributed by atoms with E-state index in [4.69, 9.17) is 0 Å². The number of thiophene rings is 1. The van der Waals surface area contributed by atoms with E-state index < -0.39 is 0 Å². The van der Waals surface area contributed by atoms with E-state index in [9.17, 15) is 0 Å². The van der Waals surface area contributed by atoms with Gasteiger partial charge in [0.05, 0.1) is 6.20 Å². The molecule has 2 aromatic rings. The summed E-state index contributed by atoms with van der Waals surface area (Å²) in [6, 6.07) is 2.61. The van der Waals surface area contributed by atoms with Crippen molar-refractivity contribution in [3.8, 4) is 0 Å². The highest BCUT2D eigenvalue weighted by Gasteiger charge is 2.04. The number of rotatable bonds is 5. The molecule has 1 atom stereocenters. The highest BCUT2D eigenvalue weighted by atomic mass is 32.1. The molecule has 0 radical (unpaired) electrons. The van der Waals surface area contributed by atoms with E-state index in [0.717, 1.165) is 13.0 Å². The Kier molecular flexibility index (Phi) is 3.74. The maximum absolute atomic E-state index is 4.15. The van der Waals surface area contributed by atoms with Gasteiger partial charge in [-0.1, -0.05) is 0 Å². The summed E-state index contributed by atoms with van der Waals surface area (Å²) in [7, 11) is 1.95. The predicted octanol–water partition coefficient (Wildman–Crippen LogP) is 2.37. The van der Waals surface area contributed by atoms with Gasteiger partial charge in [-0.2, -0.15) is 16.4 Å². The smallest absolute Gasteiger partial charge is 0.0522 e. The molecule has 0 saturated carbocycles. The lowest BCUT2D eigenvalue weighted by Crippen LogP contribution is -2.20. The molecule has 0 fully saturated rings. The highest BCUT2D eigenvalue weighted by molar-refractivity contribution is 7.07. The Morgan fingerprint density at radius 2 is 2.44 bits per heavy atom. The molecule has 1 N–H and O–H groups in total. The Hall–Kier alpha value is -1.13. The van der Waals surface area contributed by atoms with Crippen molar-refractivity contribution >= 4 is 11.3 Å². The van der Waals surface area contributed by atoms with E-state index in [-0.39, 0.29) is 0 Å². The molecule has 3 nitrogen and oxygen atoms in total. The van der Waals surface area contributed by atoms with Gasteiger partial charge in [0, 0.05) is 19.3 Å². The molecular formula is C12H17N3S. The van der Waals surface area contributed by atoms with Crippen LogP contribution in [-0.4, -0.2) is 16.3 Å². The number of hydrogen-bond donors (Lipinski definition) is 1. The van der Waals surface area contributed by atoms with E-state index >= 15 is 0 Å². The third-order valence-corrected chi connectivity index (χ3v) is 3.37. The van der Waals surface area contributed by atoms with Crippen molar-refractivity contribution in [3.63, 3.8) is 0 Å². The molecule has 16 heavy (non-hydrogen) atoms. The second-order valence-corrected chi connectivity index (χ2v) is 4.78. The zero-order chi connectivity index (χ0) is 11.4. The quantitative estimate of drug-likeness (QED) is 0.862. The Morgan fingerprint density at radius 1 is 1.56 bits per heavy atom. The predicted molar refractivity (Wildman–Crippen MR) is 67.6 cm³/mol. The van der Waals surface area contributed by atoms with Crippen molar-refractivity contribution in [3.05, 3.63) is 40.3 Å². The molecule has 1 unspecified atom stereocenters. The van der Waals surface area contributed by atoms with E-state index in [1.807, 2.05) is 17.9 Å². The molecule has 0 aliphatic rings. The fraction of sp³-hybridized carbons (Fsp3) is 0.417. The largest absolute Gasteiger partial charge is 0.310 e. The third-order valence-electron chi connectivity index (χ3n) is 2.67. The van der Waals surface area contributed by atoms with Crippen LogP contribution in [0.15, 0.2) is 29.2 Å². The van der Waals surface area contributed by atoms with Gasteiger partial charge in [0.25, 0.3) is 0 Å². The lowest BCUT2D eigenvalue weighted by molar-refractivity contribution is 0.578. The summed E-state index contributed by atoms with van der Waals surface area (Å²) < 4.78 is 1.84. The van der Waals surface area contributed by atoms with Gasteiger partial charge < -0.3 is 5.32 Å². The van der Waals surface area contributed by atoms with Crippen LogP contribution in [0, 0.1) is 0 Å². The summed E-state index contributed by atoms with van der Waals surface area (Å²) in [6.45, 7) is 3.19. The van der Waals surface area contributed by atoms with Crippen LogP contribution in [-0.2, 0) is 13.5 Å². The first kappa shape index (κ1) is 11.4. The molecule has 0 aromatic carbocycles. The minimum Gasteiger partial charge on any atom is -0.310 e. The first-order valence-corrected chi connectivity index (χ1v) is 6.43. The SMILES string of the molecule is CC(NCCc1cnn(C)c1)c1ccsc1. The van der Waals surface area contributed by atoms with Gasteiger partial charge in [-0.15, -0.1) is 0 Å². The average Bonchev–Trinajstić information content (AvgIpc) is 2.89. The molecule has 2 heterocycles.